The van der Waals surface area contributed by atoms with E-state index in [1.54, 1.807) is 34.6 Å². The first-order chi connectivity index (χ1) is 11.6. The largest absolute Gasteiger partial charge is 0.462 e. The second-order valence-corrected chi connectivity index (χ2v) is 7.84. The highest BCUT2D eigenvalue weighted by molar-refractivity contribution is 8.76. The van der Waals surface area contributed by atoms with E-state index < -0.39 is 0 Å². The van der Waals surface area contributed by atoms with Gasteiger partial charge in [0.25, 0.3) is 0 Å². The summed E-state index contributed by atoms with van der Waals surface area (Å²) in [5, 5.41) is 0. The molecule has 8 heteroatoms. The Bertz CT molecular complexity index is 436. The highest BCUT2D eigenvalue weighted by atomic mass is 33.1. The molecule has 0 bridgehead atoms. The van der Waals surface area contributed by atoms with Crippen LogP contribution >= 0.6 is 21.6 Å². The van der Waals surface area contributed by atoms with Crippen molar-refractivity contribution in [3.05, 3.63) is 24.4 Å². The van der Waals surface area contributed by atoms with Crippen LogP contribution in [0.15, 0.2) is 24.4 Å². The Kier molecular flexibility index (Phi) is 11.5. The zero-order chi connectivity index (χ0) is 17.6. The second kappa shape index (κ2) is 13.2. The second-order valence-electron chi connectivity index (χ2n) is 5.13. The van der Waals surface area contributed by atoms with Gasteiger partial charge in [0.15, 0.2) is 0 Å². The smallest absolute Gasteiger partial charge is 0.332 e. The van der Waals surface area contributed by atoms with Crippen molar-refractivity contribution in [3.8, 4) is 0 Å². The molecule has 1 rings (SSSR count). The average Bonchev–Trinajstić information content (AvgIpc) is 2.57. The van der Waals surface area contributed by atoms with Crippen LogP contribution in [-0.2, 0) is 19.1 Å². The van der Waals surface area contributed by atoms with Crippen LogP contribution in [0.25, 0.3) is 0 Å². The molecule has 0 aromatic carbocycles. The van der Waals surface area contributed by atoms with Crippen LogP contribution in [-0.4, -0.2) is 79.7 Å². The highest BCUT2D eigenvalue weighted by Crippen LogP contribution is 2.20. The molecule has 0 unspecified atom stereocenters. The van der Waals surface area contributed by atoms with Gasteiger partial charge in [0.05, 0.1) is 0 Å². The maximum absolute atomic E-state index is 11.6. The molecule has 136 valence electrons. The third-order valence-electron chi connectivity index (χ3n) is 3.17. The fraction of sp³-hybridized carbons (Fsp3) is 0.625. The van der Waals surface area contributed by atoms with E-state index in [9.17, 15) is 9.59 Å². The van der Waals surface area contributed by atoms with Gasteiger partial charge in [-0.15, -0.1) is 0 Å². The third kappa shape index (κ3) is 10.6. The summed E-state index contributed by atoms with van der Waals surface area (Å²) in [6.07, 6.45) is 6.35. The van der Waals surface area contributed by atoms with E-state index in [1.807, 2.05) is 6.20 Å². The fourth-order valence-electron chi connectivity index (χ4n) is 1.84. The lowest BCUT2D eigenvalue weighted by molar-refractivity contribution is -0.138. The Labute approximate surface area is 152 Å². The molecule has 0 saturated carbocycles. The number of nitrogens with zero attached hydrogens (tertiary/aromatic N) is 2. The van der Waals surface area contributed by atoms with Gasteiger partial charge in [-0.25, -0.2) is 9.59 Å². The number of piperazine rings is 1. The topological polar surface area (TPSA) is 59.1 Å². The first kappa shape index (κ1) is 20.9. The molecule has 6 nitrogen and oxygen atoms in total. The summed E-state index contributed by atoms with van der Waals surface area (Å²) in [6.45, 7) is 6.43. The van der Waals surface area contributed by atoms with E-state index in [1.165, 1.54) is 12.2 Å². The van der Waals surface area contributed by atoms with Crippen LogP contribution in [0, 0.1) is 0 Å². The fourth-order valence-corrected chi connectivity index (χ4v) is 3.49. The Balaban J connectivity index is 1.95. The van der Waals surface area contributed by atoms with Crippen LogP contribution in [0.3, 0.4) is 0 Å². The number of allylic oxidation sites excluding steroid dienone is 1. The number of hydrogen-bond donors (Lipinski definition) is 0. The Morgan fingerprint density at radius 2 is 1.50 bits per heavy atom. The molecular weight excluding hydrogens is 348 g/mol. The molecule has 1 heterocycles. The first-order valence-corrected chi connectivity index (χ1v) is 10.4. The monoisotopic (exact) mass is 374 g/mol. The summed E-state index contributed by atoms with van der Waals surface area (Å²) in [7, 11) is 5.29. The van der Waals surface area contributed by atoms with Gasteiger partial charge in [0, 0.05) is 56.0 Å². The van der Waals surface area contributed by atoms with Crippen molar-refractivity contribution in [1.82, 2.24) is 9.80 Å². The van der Waals surface area contributed by atoms with Crippen molar-refractivity contribution in [2.45, 2.75) is 6.92 Å². The number of esters is 2. The molecule has 0 spiro atoms. The Morgan fingerprint density at radius 3 is 2.04 bits per heavy atom. The van der Waals surface area contributed by atoms with Crippen molar-refractivity contribution in [3.63, 3.8) is 0 Å². The minimum Gasteiger partial charge on any atom is -0.462 e. The number of hydrogen-bond acceptors (Lipinski definition) is 8. The predicted molar refractivity (Wildman–Crippen MR) is 99.9 cm³/mol. The SMILES string of the molecule is C/C=C/C(=O)OCCSSCCOC(=O)/C=C/N1CCN(C)CC1. The minimum atomic E-state index is -0.316. The summed E-state index contributed by atoms with van der Waals surface area (Å²) < 4.78 is 10.1. The molecule has 1 fully saturated rings. The molecule has 0 aromatic heterocycles. The quantitative estimate of drug-likeness (QED) is 0.248. The lowest BCUT2D eigenvalue weighted by Gasteiger charge is -2.31. The molecule has 1 aliphatic heterocycles. The van der Waals surface area contributed by atoms with Crippen LogP contribution in [0.1, 0.15) is 6.92 Å². The molecular formula is C16H26N2O4S2. The van der Waals surface area contributed by atoms with E-state index in [2.05, 4.69) is 16.8 Å². The number of likely N-dealkylation sites (N-methyl/N-ethyl adjacent to an activating group) is 1. The highest BCUT2D eigenvalue weighted by Gasteiger charge is 2.10. The normalized spacial score (nSPS) is 16.0. The number of ether oxygens (including phenoxy) is 2. The lowest BCUT2D eigenvalue weighted by atomic mass is 10.3. The first-order valence-electron chi connectivity index (χ1n) is 7.93. The Hall–Kier alpha value is -1.12. The van der Waals surface area contributed by atoms with Gasteiger partial charge in [-0.3, -0.25) is 0 Å². The lowest BCUT2D eigenvalue weighted by Crippen LogP contribution is -2.41. The number of rotatable bonds is 10. The van der Waals surface area contributed by atoms with Crippen LogP contribution in [0.5, 0.6) is 0 Å². The summed E-state index contributed by atoms with van der Waals surface area (Å²) in [6, 6.07) is 0. The van der Waals surface area contributed by atoms with Gasteiger partial charge in [0.2, 0.25) is 0 Å². The molecule has 0 aliphatic carbocycles. The molecule has 0 atom stereocenters. The van der Waals surface area contributed by atoms with Gasteiger partial charge in [0.1, 0.15) is 13.2 Å². The van der Waals surface area contributed by atoms with Gasteiger partial charge >= 0.3 is 11.9 Å². The zero-order valence-electron chi connectivity index (χ0n) is 14.3. The van der Waals surface area contributed by atoms with Crippen molar-refractivity contribution in [2.75, 3.05) is 57.9 Å². The molecule has 0 aromatic rings. The molecule has 24 heavy (non-hydrogen) atoms. The van der Waals surface area contributed by atoms with Crippen LogP contribution in [0.4, 0.5) is 0 Å². The summed E-state index contributed by atoms with van der Waals surface area (Å²) in [5.74, 6) is 0.802. The van der Waals surface area contributed by atoms with Crippen LogP contribution in [0.2, 0.25) is 0 Å². The standard InChI is InChI=1S/C16H26N2O4S2/c1-3-4-15(19)21-11-13-23-24-14-12-22-16(20)5-6-18-9-7-17(2)8-10-18/h3-6H,7-14H2,1-2H3/b4-3+,6-5+. The van der Waals surface area contributed by atoms with E-state index in [-0.39, 0.29) is 11.9 Å². The van der Waals surface area contributed by atoms with E-state index in [0.717, 1.165) is 26.2 Å². The van der Waals surface area contributed by atoms with Crippen molar-refractivity contribution in [1.29, 1.82) is 0 Å². The molecule has 0 amide bonds. The van der Waals surface area contributed by atoms with Gasteiger partial charge in [-0.1, -0.05) is 27.7 Å². The van der Waals surface area contributed by atoms with Crippen molar-refractivity contribution < 1.29 is 19.1 Å². The van der Waals surface area contributed by atoms with E-state index >= 15 is 0 Å². The maximum Gasteiger partial charge on any atom is 0.332 e. The Morgan fingerprint density at radius 1 is 0.958 bits per heavy atom. The molecule has 1 aliphatic rings. The van der Waals surface area contributed by atoms with Crippen LogP contribution < -0.4 is 0 Å². The van der Waals surface area contributed by atoms with Crippen molar-refractivity contribution in [2.24, 2.45) is 0 Å². The van der Waals surface area contributed by atoms with E-state index in [4.69, 9.17) is 9.47 Å². The molecule has 0 N–H and O–H groups in total. The predicted octanol–water partition coefficient (Wildman–Crippen LogP) is 1.79. The average molecular weight is 375 g/mol. The molecule has 0 radical (unpaired) electrons. The third-order valence-corrected chi connectivity index (χ3v) is 5.50. The van der Waals surface area contributed by atoms with Crippen molar-refractivity contribution >= 4 is 33.5 Å². The summed E-state index contributed by atoms with van der Waals surface area (Å²) >= 11 is 0. The zero-order valence-corrected chi connectivity index (χ0v) is 15.9. The van der Waals surface area contributed by atoms with Gasteiger partial charge < -0.3 is 19.3 Å². The number of carbonyl (C=O) groups is 2. The minimum absolute atomic E-state index is 0.306. The number of carbonyl (C=O) groups excluding carboxylic acids is 2. The maximum atomic E-state index is 11.6. The molecule has 1 saturated heterocycles. The van der Waals surface area contributed by atoms with Gasteiger partial charge in [-0.2, -0.15) is 0 Å². The van der Waals surface area contributed by atoms with Gasteiger partial charge in [-0.05, 0) is 14.0 Å². The summed E-state index contributed by atoms with van der Waals surface area (Å²) in [5.41, 5.74) is 0. The summed E-state index contributed by atoms with van der Waals surface area (Å²) in [4.78, 5) is 27.0. The van der Waals surface area contributed by atoms with E-state index in [0.29, 0.717) is 24.7 Å².